The van der Waals surface area contributed by atoms with Crippen LogP contribution in [0.15, 0.2) is 12.1 Å². The van der Waals surface area contributed by atoms with Crippen LogP contribution in [-0.4, -0.2) is 38.1 Å². The van der Waals surface area contributed by atoms with Gasteiger partial charge in [0.2, 0.25) is 0 Å². The van der Waals surface area contributed by atoms with E-state index >= 15 is 0 Å². The minimum absolute atomic E-state index is 0.675. The molecular formula is C15H23ClN2. The number of halogens is 1. The van der Waals surface area contributed by atoms with Gasteiger partial charge in [0.1, 0.15) is 0 Å². The summed E-state index contributed by atoms with van der Waals surface area (Å²) in [6.45, 7) is 11.0. The average Bonchev–Trinajstić information content (AvgIpc) is 2.38. The number of hydrogen-bond acceptors (Lipinski definition) is 2. The van der Waals surface area contributed by atoms with Gasteiger partial charge in [0.15, 0.2) is 0 Å². The molecule has 1 saturated heterocycles. The van der Waals surface area contributed by atoms with Crippen LogP contribution in [0.25, 0.3) is 0 Å². The lowest BCUT2D eigenvalue weighted by molar-refractivity contribution is 0.321. The fourth-order valence-electron chi connectivity index (χ4n) is 2.95. The Morgan fingerprint density at radius 1 is 1.17 bits per heavy atom. The summed E-state index contributed by atoms with van der Waals surface area (Å²) in [6.07, 6.45) is 0. The molecular weight excluding hydrogens is 244 g/mol. The van der Waals surface area contributed by atoms with Gasteiger partial charge in [0.25, 0.3) is 0 Å². The first-order chi connectivity index (χ1) is 8.47. The van der Waals surface area contributed by atoms with Crippen molar-refractivity contribution in [2.24, 2.45) is 5.92 Å². The quantitative estimate of drug-likeness (QED) is 0.769. The summed E-state index contributed by atoms with van der Waals surface area (Å²) < 4.78 is 0. The highest BCUT2D eigenvalue weighted by Gasteiger charge is 2.20. The molecule has 0 saturated carbocycles. The SMILES string of the molecule is Cc1cc(C)c(N2CCN(C)CC(C)C2)c(Cl)c1. The Kier molecular flexibility index (Phi) is 4.18. The van der Waals surface area contributed by atoms with Crippen LogP contribution in [0.2, 0.25) is 5.02 Å². The van der Waals surface area contributed by atoms with Crippen molar-refractivity contribution in [3.8, 4) is 0 Å². The molecule has 100 valence electrons. The van der Waals surface area contributed by atoms with Crippen LogP contribution < -0.4 is 4.90 Å². The first-order valence-corrected chi connectivity index (χ1v) is 7.05. The fourth-order valence-corrected chi connectivity index (χ4v) is 3.39. The van der Waals surface area contributed by atoms with E-state index in [0.29, 0.717) is 5.92 Å². The van der Waals surface area contributed by atoms with Gasteiger partial charge in [-0.05, 0) is 44.0 Å². The van der Waals surface area contributed by atoms with Gasteiger partial charge in [-0.3, -0.25) is 0 Å². The maximum absolute atomic E-state index is 6.45. The highest BCUT2D eigenvalue weighted by molar-refractivity contribution is 6.33. The molecule has 1 atom stereocenters. The van der Waals surface area contributed by atoms with Crippen molar-refractivity contribution >= 4 is 17.3 Å². The summed E-state index contributed by atoms with van der Waals surface area (Å²) in [7, 11) is 2.20. The Hall–Kier alpha value is -0.730. The lowest BCUT2D eigenvalue weighted by Gasteiger charge is -2.27. The zero-order chi connectivity index (χ0) is 13.3. The molecule has 1 aliphatic rings. The van der Waals surface area contributed by atoms with Gasteiger partial charge in [-0.15, -0.1) is 0 Å². The first kappa shape index (κ1) is 13.7. The van der Waals surface area contributed by atoms with E-state index < -0.39 is 0 Å². The maximum Gasteiger partial charge on any atom is 0.0644 e. The van der Waals surface area contributed by atoms with Gasteiger partial charge in [-0.25, -0.2) is 0 Å². The molecule has 0 amide bonds. The van der Waals surface area contributed by atoms with Crippen molar-refractivity contribution in [3.63, 3.8) is 0 Å². The third kappa shape index (κ3) is 2.99. The summed E-state index contributed by atoms with van der Waals surface area (Å²) in [5.41, 5.74) is 3.75. The molecule has 1 fully saturated rings. The highest BCUT2D eigenvalue weighted by atomic mass is 35.5. The predicted molar refractivity (Wildman–Crippen MR) is 79.8 cm³/mol. The van der Waals surface area contributed by atoms with Crippen molar-refractivity contribution in [3.05, 3.63) is 28.3 Å². The average molecular weight is 267 g/mol. The molecule has 0 aliphatic carbocycles. The lowest BCUT2D eigenvalue weighted by atomic mass is 10.1. The summed E-state index contributed by atoms with van der Waals surface area (Å²) in [5, 5.41) is 0.893. The van der Waals surface area contributed by atoms with Gasteiger partial charge < -0.3 is 9.80 Å². The minimum atomic E-state index is 0.675. The molecule has 1 aromatic rings. The molecule has 3 heteroatoms. The standard InChI is InChI=1S/C15H23ClN2/c1-11-7-13(3)15(14(16)8-11)18-6-5-17(4)9-12(2)10-18/h7-8,12H,5-6,9-10H2,1-4H3. The maximum atomic E-state index is 6.45. The largest absolute Gasteiger partial charge is 0.369 e. The van der Waals surface area contributed by atoms with Gasteiger partial charge in [-0.2, -0.15) is 0 Å². The van der Waals surface area contributed by atoms with Gasteiger partial charge in [-0.1, -0.05) is 24.6 Å². The van der Waals surface area contributed by atoms with Gasteiger partial charge >= 0.3 is 0 Å². The monoisotopic (exact) mass is 266 g/mol. The van der Waals surface area contributed by atoms with E-state index in [1.807, 2.05) is 0 Å². The van der Waals surface area contributed by atoms with E-state index in [1.54, 1.807) is 0 Å². The Morgan fingerprint density at radius 3 is 2.56 bits per heavy atom. The van der Waals surface area contributed by atoms with Crippen LogP contribution in [0, 0.1) is 19.8 Å². The molecule has 2 nitrogen and oxygen atoms in total. The Labute approximate surface area is 116 Å². The molecule has 2 rings (SSSR count). The minimum Gasteiger partial charge on any atom is -0.369 e. The summed E-state index contributed by atoms with van der Waals surface area (Å²) in [4.78, 5) is 4.85. The summed E-state index contributed by atoms with van der Waals surface area (Å²) in [5.74, 6) is 0.675. The van der Waals surface area contributed by atoms with Crippen LogP contribution in [0.1, 0.15) is 18.1 Å². The number of anilines is 1. The Morgan fingerprint density at radius 2 is 1.89 bits per heavy atom. The molecule has 0 radical (unpaired) electrons. The van der Waals surface area contributed by atoms with Gasteiger partial charge in [0.05, 0.1) is 10.7 Å². The summed E-state index contributed by atoms with van der Waals surface area (Å²) in [6, 6.07) is 4.30. The summed E-state index contributed by atoms with van der Waals surface area (Å²) >= 11 is 6.45. The van der Waals surface area contributed by atoms with Crippen LogP contribution in [-0.2, 0) is 0 Å². The van der Waals surface area contributed by atoms with Crippen molar-refractivity contribution in [1.29, 1.82) is 0 Å². The van der Waals surface area contributed by atoms with E-state index in [-0.39, 0.29) is 0 Å². The molecule has 0 bridgehead atoms. The smallest absolute Gasteiger partial charge is 0.0644 e. The second-order valence-electron chi connectivity index (χ2n) is 5.73. The van der Waals surface area contributed by atoms with Crippen molar-refractivity contribution in [2.45, 2.75) is 20.8 Å². The molecule has 1 unspecified atom stereocenters. The van der Waals surface area contributed by atoms with E-state index in [4.69, 9.17) is 11.6 Å². The third-order valence-electron chi connectivity index (χ3n) is 3.62. The first-order valence-electron chi connectivity index (χ1n) is 6.67. The van der Waals surface area contributed by atoms with Crippen LogP contribution in [0.3, 0.4) is 0 Å². The number of likely N-dealkylation sites (N-methyl/N-ethyl adjacent to an activating group) is 1. The molecule has 1 aliphatic heterocycles. The normalized spacial score (nSPS) is 22.1. The number of benzene rings is 1. The Bertz CT molecular complexity index is 407. The van der Waals surface area contributed by atoms with Gasteiger partial charge in [0, 0.05) is 26.2 Å². The van der Waals surface area contributed by atoms with E-state index in [2.05, 4.69) is 49.8 Å². The lowest BCUT2D eigenvalue weighted by Crippen LogP contribution is -2.30. The Balaban J connectivity index is 2.30. The van der Waals surface area contributed by atoms with Crippen molar-refractivity contribution in [2.75, 3.05) is 38.1 Å². The molecule has 18 heavy (non-hydrogen) atoms. The van der Waals surface area contributed by atoms with E-state index in [0.717, 1.165) is 24.7 Å². The number of nitrogens with zero attached hydrogens (tertiary/aromatic N) is 2. The highest BCUT2D eigenvalue weighted by Crippen LogP contribution is 2.32. The zero-order valence-electron chi connectivity index (χ0n) is 11.8. The fraction of sp³-hybridized carbons (Fsp3) is 0.600. The molecule has 1 aromatic carbocycles. The number of rotatable bonds is 1. The van der Waals surface area contributed by atoms with Crippen molar-refractivity contribution < 1.29 is 0 Å². The second kappa shape index (κ2) is 5.50. The van der Waals surface area contributed by atoms with Crippen molar-refractivity contribution in [1.82, 2.24) is 4.90 Å². The van der Waals surface area contributed by atoms with E-state index in [1.165, 1.54) is 23.4 Å². The van der Waals surface area contributed by atoms with Crippen LogP contribution in [0.5, 0.6) is 0 Å². The number of hydrogen-bond donors (Lipinski definition) is 0. The molecule has 1 heterocycles. The van der Waals surface area contributed by atoms with E-state index in [9.17, 15) is 0 Å². The van der Waals surface area contributed by atoms with Crippen LogP contribution in [0.4, 0.5) is 5.69 Å². The molecule has 0 N–H and O–H groups in total. The van der Waals surface area contributed by atoms with Crippen LogP contribution >= 0.6 is 11.6 Å². The second-order valence-corrected chi connectivity index (χ2v) is 6.13. The third-order valence-corrected chi connectivity index (χ3v) is 3.91. The topological polar surface area (TPSA) is 6.48 Å². The predicted octanol–water partition coefficient (Wildman–Crippen LogP) is 3.34. The number of aryl methyl sites for hydroxylation is 2. The molecule has 0 spiro atoms. The zero-order valence-corrected chi connectivity index (χ0v) is 12.6. The molecule has 0 aromatic heterocycles.